The molecule has 11 heavy (non-hydrogen) atoms. The van der Waals surface area contributed by atoms with Crippen LogP contribution in [0.5, 0.6) is 0 Å². The van der Waals surface area contributed by atoms with Crippen LogP contribution in [0.2, 0.25) is 0 Å². The lowest BCUT2D eigenvalue weighted by Gasteiger charge is -2.12. The highest BCUT2D eigenvalue weighted by Crippen LogP contribution is 2.01. The number of nitrogens with one attached hydrogen (secondary N) is 1. The monoisotopic (exact) mass is 156 g/mol. The molecular weight excluding hydrogens is 140 g/mol. The molecule has 0 spiro atoms. The Morgan fingerprint density at radius 1 is 1.55 bits per heavy atom. The minimum atomic E-state index is 0.112. The lowest BCUT2D eigenvalue weighted by atomic mass is 10.2. The van der Waals surface area contributed by atoms with Crippen LogP contribution in [-0.2, 0) is 0 Å². The van der Waals surface area contributed by atoms with E-state index in [0.717, 1.165) is 26.1 Å². The number of urea groups is 1. The molecule has 1 rings (SSSR count). The summed E-state index contributed by atoms with van der Waals surface area (Å²) in [4.78, 5) is 12.9. The number of hydrogen-bond donors (Lipinski definition) is 1. The third-order valence-corrected chi connectivity index (χ3v) is 1.98. The third kappa shape index (κ3) is 2.41. The SMILES string of the molecule is CCCCCN1CCNC1=O. The van der Waals surface area contributed by atoms with E-state index < -0.39 is 0 Å². The number of hydrogen-bond acceptors (Lipinski definition) is 1. The van der Waals surface area contributed by atoms with E-state index in [9.17, 15) is 4.79 Å². The van der Waals surface area contributed by atoms with Gasteiger partial charge in [0.25, 0.3) is 0 Å². The molecule has 0 unspecified atom stereocenters. The Morgan fingerprint density at radius 3 is 2.91 bits per heavy atom. The van der Waals surface area contributed by atoms with E-state index in [1.54, 1.807) is 0 Å². The molecule has 0 aromatic rings. The standard InChI is InChI=1S/C8H16N2O/c1-2-3-4-6-10-7-5-9-8(10)11/h2-7H2,1H3,(H,9,11). The van der Waals surface area contributed by atoms with Gasteiger partial charge in [0.05, 0.1) is 0 Å². The predicted molar refractivity (Wildman–Crippen MR) is 44.5 cm³/mol. The first-order valence-electron chi connectivity index (χ1n) is 4.37. The van der Waals surface area contributed by atoms with E-state index in [4.69, 9.17) is 0 Å². The summed E-state index contributed by atoms with van der Waals surface area (Å²) >= 11 is 0. The van der Waals surface area contributed by atoms with E-state index >= 15 is 0 Å². The van der Waals surface area contributed by atoms with Crippen molar-refractivity contribution in [3.05, 3.63) is 0 Å². The van der Waals surface area contributed by atoms with Gasteiger partial charge in [0.15, 0.2) is 0 Å². The van der Waals surface area contributed by atoms with Gasteiger partial charge in [-0.2, -0.15) is 0 Å². The highest BCUT2D eigenvalue weighted by atomic mass is 16.2. The minimum Gasteiger partial charge on any atom is -0.336 e. The fourth-order valence-corrected chi connectivity index (χ4v) is 1.28. The molecule has 0 aliphatic carbocycles. The first-order chi connectivity index (χ1) is 5.34. The molecule has 64 valence electrons. The van der Waals surface area contributed by atoms with Gasteiger partial charge in [0, 0.05) is 19.6 Å². The Bertz CT molecular complexity index is 136. The van der Waals surface area contributed by atoms with Crippen molar-refractivity contribution in [3.8, 4) is 0 Å². The maximum atomic E-state index is 11.0. The van der Waals surface area contributed by atoms with Gasteiger partial charge in [0.1, 0.15) is 0 Å². The van der Waals surface area contributed by atoms with Crippen LogP contribution in [0.4, 0.5) is 4.79 Å². The molecule has 1 aliphatic heterocycles. The van der Waals surface area contributed by atoms with E-state index in [1.165, 1.54) is 12.8 Å². The van der Waals surface area contributed by atoms with Crippen molar-refractivity contribution in [2.75, 3.05) is 19.6 Å². The molecule has 1 fully saturated rings. The van der Waals surface area contributed by atoms with Crippen LogP contribution in [0, 0.1) is 0 Å². The zero-order valence-electron chi connectivity index (χ0n) is 7.10. The molecule has 0 saturated carbocycles. The number of unbranched alkanes of at least 4 members (excludes halogenated alkanes) is 2. The maximum Gasteiger partial charge on any atom is 0.317 e. The fourth-order valence-electron chi connectivity index (χ4n) is 1.28. The molecule has 0 bridgehead atoms. The molecule has 0 aromatic carbocycles. The third-order valence-electron chi connectivity index (χ3n) is 1.98. The van der Waals surface area contributed by atoms with Crippen molar-refractivity contribution < 1.29 is 4.79 Å². The van der Waals surface area contributed by atoms with Crippen LogP contribution in [0.15, 0.2) is 0 Å². The molecule has 2 amide bonds. The molecule has 0 aromatic heterocycles. The Hall–Kier alpha value is -0.730. The van der Waals surface area contributed by atoms with Crippen LogP contribution < -0.4 is 5.32 Å². The van der Waals surface area contributed by atoms with Gasteiger partial charge in [0.2, 0.25) is 0 Å². The summed E-state index contributed by atoms with van der Waals surface area (Å²) < 4.78 is 0. The highest BCUT2D eigenvalue weighted by Gasteiger charge is 2.17. The molecular formula is C8H16N2O. The second kappa shape index (κ2) is 4.21. The normalized spacial score (nSPS) is 17.2. The van der Waals surface area contributed by atoms with Gasteiger partial charge >= 0.3 is 6.03 Å². The molecule has 1 N–H and O–H groups in total. The van der Waals surface area contributed by atoms with Crippen molar-refractivity contribution in [2.24, 2.45) is 0 Å². The number of nitrogens with zero attached hydrogens (tertiary/aromatic N) is 1. The van der Waals surface area contributed by atoms with E-state index in [2.05, 4.69) is 12.2 Å². The van der Waals surface area contributed by atoms with Gasteiger partial charge in [-0.25, -0.2) is 4.79 Å². The quantitative estimate of drug-likeness (QED) is 0.609. The van der Waals surface area contributed by atoms with Crippen molar-refractivity contribution in [1.82, 2.24) is 10.2 Å². The zero-order chi connectivity index (χ0) is 8.10. The number of rotatable bonds is 4. The summed E-state index contributed by atoms with van der Waals surface area (Å²) in [6.45, 7) is 4.82. The Kier molecular flexibility index (Phi) is 3.20. The molecule has 1 aliphatic rings. The van der Waals surface area contributed by atoms with Crippen molar-refractivity contribution in [3.63, 3.8) is 0 Å². The number of amides is 2. The lowest BCUT2D eigenvalue weighted by Crippen LogP contribution is -2.28. The Balaban J connectivity index is 2.10. The summed E-state index contributed by atoms with van der Waals surface area (Å²) in [5.74, 6) is 0. The van der Waals surface area contributed by atoms with E-state index in [1.807, 2.05) is 4.90 Å². The summed E-state index contributed by atoms with van der Waals surface area (Å²) in [5.41, 5.74) is 0. The van der Waals surface area contributed by atoms with Gasteiger partial charge in [-0.3, -0.25) is 0 Å². The lowest BCUT2D eigenvalue weighted by molar-refractivity contribution is 0.216. The average molecular weight is 156 g/mol. The Labute approximate surface area is 67.8 Å². The van der Waals surface area contributed by atoms with Crippen LogP contribution in [-0.4, -0.2) is 30.6 Å². The first kappa shape index (κ1) is 8.37. The second-order valence-corrected chi connectivity index (χ2v) is 2.93. The predicted octanol–water partition coefficient (Wildman–Crippen LogP) is 1.20. The van der Waals surface area contributed by atoms with Crippen LogP contribution in [0.3, 0.4) is 0 Å². The molecule has 3 nitrogen and oxygen atoms in total. The minimum absolute atomic E-state index is 0.112. The average Bonchev–Trinajstić information content (AvgIpc) is 2.37. The van der Waals surface area contributed by atoms with E-state index in [-0.39, 0.29) is 6.03 Å². The van der Waals surface area contributed by atoms with Gasteiger partial charge in [-0.1, -0.05) is 19.8 Å². The first-order valence-corrected chi connectivity index (χ1v) is 4.37. The smallest absolute Gasteiger partial charge is 0.317 e. The van der Waals surface area contributed by atoms with Crippen molar-refractivity contribution >= 4 is 6.03 Å². The highest BCUT2D eigenvalue weighted by molar-refractivity contribution is 5.76. The molecule has 1 heterocycles. The second-order valence-electron chi connectivity index (χ2n) is 2.93. The van der Waals surface area contributed by atoms with Gasteiger partial charge < -0.3 is 10.2 Å². The van der Waals surface area contributed by atoms with Crippen LogP contribution >= 0.6 is 0 Å². The number of carbonyl (C=O) groups is 1. The van der Waals surface area contributed by atoms with Crippen LogP contribution in [0.25, 0.3) is 0 Å². The number of carbonyl (C=O) groups excluding carboxylic acids is 1. The summed E-state index contributed by atoms with van der Waals surface area (Å²) in [7, 11) is 0. The molecule has 3 heteroatoms. The van der Waals surface area contributed by atoms with Crippen molar-refractivity contribution in [2.45, 2.75) is 26.2 Å². The van der Waals surface area contributed by atoms with Gasteiger partial charge in [-0.05, 0) is 6.42 Å². The molecule has 1 saturated heterocycles. The fraction of sp³-hybridized carbons (Fsp3) is 0.875. The largest absolute Gasteiger partial charge is 0.336 e. The topological polar surface area (TPSA) is 32.3 Å². The molecule has 0 radical (unpaired) electrons. The maximum absolute atomic E-state index is 11.0. The Morgan fingerprint density at radius 2 is 2.36 bits per heavy atom. The van der Waals surface area contributed by atoms with Gasteiger partial charge in [-0.15, -0.1) is 0 Å². The van der Waals surface area contributed by atoms with E-state index in [0.29, 0.717) is 0 Å². The summed E-state index contributed by atoms with van der Waals surface area (Å²) in [5, 5.41) is 2.78. The van der Waals surface area contributed by atoms with Crippen molar-refractivity contribution in [1.29, 1.82) is 0 Å². The zero-order valence-corrected chi connectivity index (χ0v) is 7.10. The summed E-state index contributed by atoms with van der Waals surface area (Å²) in [6, 6.07) is 0.112. The molecule has 0 atom stereocenters. The van der Waals surface area contributed by atoms with Crippen LogP contribution in [0.1, 0.15) is 26.2 Å². The summed E-state index contributed by atoms with van der Waals surface area (Å²) in [6.07, 6.45) is 3.59.